The number of halogens is 1. The van der Waals surface area contributed by atoms with Crippen LogP contribution in [-0.2, 0) is 27.8 Å². The number of hydrogen-bond acceptors (Lipinski definition) is 6. The molecule has 1 aromatic rings. The van der Waals surface area contributed by atoms with Crippen molar-refractivity contribution in [2.24, 2.45) is 0 Å². The van der Waals surface area contributed by atoms with Crippen molar-refractivity contribution in [3.05, 3.63) is 23.0 Å². The zero-order chi connectivity index (χ0) is 19.1. The highest BCUT2D eigenvalue weighted by Crippen LogP contribution is 2.39. The summed E-state index contributed by atoms with van der Waals surface area (Å²) in [6.45, 7) is 1.71. The zero-order valence-corrected chi connectivity index (χ0v) is 15.1. The summed E-state index contributed by atoms with van der Waals surface area (Å²) in [5, 5.41) is 22.7. The molecule has 0 spiro atoms. The molecule has 144 valence electrons. The van der Waals surface area contributed by atoms with Crippen molar-refractivity contribution in [1.82, 2.24) is 10.0 Å². The van der Waals surface area contributed by atoms with Gasteiger partial charge in [-0.15, -0.1) is 0 Å². The Kier molecular flexibility index (Phi) is 5.09. The number of aryl methyl sites for hydroxylation is 1. The number of nitrogens with one attached hydrogen (secondary N) is 2. The molecule has 2 aliphatic rings. The first-order chi connectivity index (χ1) is 12.2. The monoisotopic (exact) mass is 387 g/mol. The molecule has 0 aromatic heterocycles. The van der Waals surface area contributed by atoms with Gasteiger partial charge in [0, 0.05) is 6.04 Å². The lowest BCUT2D eigenvalue weighted by Gasteiger charge is -2.28. The Labute approximate surface area is 151 Å². The van der Waals surface area contributed by atoms with Crippen LogP contribution in [0.5, 0.6) is 5.75 Å². The van der Waals surface area contributed by atoms with Crippen LogP contribution in [0.4, 0.5) is 10.1 Å². The standard InChI is InChI=1S/C16H22FN3O5S/c1-9(21)4-5-18-11-3-2-10-6-13(22)16(15(17)12(10)7-11)20-8-14(23)19-26(20,24)25/h6,9,11,18,21-22H,2-5,7-8H2,1H3,(H,19,23)/t9-,11?/m1/s1. The minimum atomic E-state index is -4.21. The van der Waals surface area contributed by atoms with Crippen LogP contribution in [0, 0.1) is 5.82 Å². The molecule has 0 radical (unpaired) electrons. The summed E-state index contributed by atoms with van der Waals surface area (Å²) >= 11 is 0. The van der Waals surface area contributed by atoms with Crippen LogP contribution in [0.25, 0.3) is 0 Å². The first kappa shape index (κ1) is 18.9. The third-order valence-corrected chi connectivity index (χ3v) is 6.07. The molecule has 10 heteroatoms. The smallest absolute Gasteiger partial charge is 0.326 e. The quantitative estimate of drug-likeness (QED) is 0.562. The average Bonchev–Trinajstić information content (AvgIpc) is 2.80. The van der Waals surface area contributed by atoms with Gasteiger partial charge in [0.2, 0.25) is 0 Å². The Morgan fingerprint density at radius 3 is 2.85 bits per heavy atom. The number of phenolic OH excluding ortho intramolecular Hbond substituents is 1. The van der Waals surface area contributed by atoms with Crippen molar-refractivity contribution in [3.8, 4) is 5.75 Å². The first-order valence-electron chi connectivity index (χ1n) is 8.47. The van der Waals surface area contributed by atoms with Gasteiger partial charge in [0.25, 0.3) is 5.91 Å². The van der Waals surface area contributed by atoms with Crippen LogP contribution < -0.4 is 14.3 Å². The number of amides is 1. The highest BCUT2D eigenvalue weighted by atomic mass is 32.2. The molecule has 1 saturated heterocycles. The van der Waals surface area contributed by atoms with E-state index in [1.54, 1.807) is 11.6 Å². The van der Waals surface area contributed by atoms with Gasteiger partial charge in [0.05, 0.1) is 6.10 Å². The number of aliphatic hydroxyl groups is 1. The van der Waals surface area contributed by atoms with Crippen LogP contribution >= 0.6 is 0 Å². The molecule has 1 amide bonds. The molecule has 2 atom stereocenters. The number of carbonyl (C=O) groups excluding carboxylic acids is 1. The maximum atomic E-state index is 15.1. The lowest BCUT2D eigenvalue weighted by molar-refractivity contribution is -0.117. The van der Waals surface area contributed by atoms with E-state index in [1.807, 2.05) is 0 Å². The molecule has 1 aliphatic carbocycles. The molecule has 0 bridgehead atoms. The third kappa shape index (κ3) is 3.62. The molecule has 1 fully saturated rings. The minimum absolute atomic E-state index is 0.0110. The van der Waals surface area contributed by atoms with Gasteiger partial charge in [0.15, 0.2) is 5.82 Å². The van der Waals surface area contributed by atoms with E-state index >= 15 is 4.39 Å². The van der Waals surface area contributed by atoms with Crippen molar-refractivity contribution >= 4 is 21.8 Å². The fourth-order valence-corrected chi connectivity index (χ4v) is 4.56. The van der Waals surface area contributed by atoms with E-state index in [0.29, 0.717) is 41.2 Å². The van der Waals surface area contributed by atoms with Gasteiger partial charge in [0.1, 0.15) is 18.0 Å². The maximum absolute atomic E-state index is 15.1. The largest absolute Gasteiger partial charge is 0.506 e. The summed E-state index contributed by atoms with van der Waals surface area (Å²) in [4.78, 5) is 11.4. The predicted octanol–water partition coefficient (Wildman–Crippen LogP) is -0.0699. The van der Waals surface area contributed by atoms with Gasteiger partial charge in [-0.2, -0.15) is 8.42 Å². The Morgan fingerprint density at radius 2 is 2.23 bits per heavy atom. The van der Waals surface area contributed by atoms with Crippen LogP contribution in [0.1, 0.15) is 30.9 Å². The van der Waals surface area contributed by atoms with Crippen LogP contribution in [0.15, 0.2) is 6.07 Å². The van der Waals surface area contributed by atoms with E-state index in [2.05, 4.69) is 5.32 Å². The normalized spacial score (nSPS) is 22.8. The number of hydrogen-bond donors (Lipinski definition) is 4. The number of phenols is 1. The maximum Gasteiger partial charge on any atom is 0.326 e. The summed E-state index contributed by atoms with van der Waals surface area (Å²) in [6.07, 6.45) is 1.77. The second-order valence-electron chi connectivity index (χ2n) is 6.76. The van der Waals surface area contributed by atoms with Crippen LogP contribution in [0.2, 0.25) is 0 Å². The second-order valence-corrected chi connectivity index (χ2v) is 8.36. The van der Waals surface area contributed by atoms with E-state index < -0.39 is 46.0 Å². The lowest BCUT2D eigenvalue weighted by Crippen LogP contribution is -2.37. The summed E-state index contributed by atoms with van der Waals surface area (Å²) in [7, 11) is -4.21. The molecular weight excluding hydrogens is 365 g/mol. The van der Waals surface area contributed by atoms with Crippen molar-refractivity contribution in [2.45, 2.75) is 44.8 Å². The fraction of sp³-hybridized carbons (Fsp3) is 0.562. The molecule has 8 nitrogen and oxygen atoms in total. The topological polar surface area (TPSA) is 119 Å². The predicted molar refractivity (Wildman–Crippen MR) is 92.6 cm³/mol. The summed E-state index contributed by atoms with van der Waals surface area (Å²) in [5.74, 6) is -2.09. The van der Waals surface area contributed by atoms with Gasteiger partial charge in [-0.1, -0.05) is 0 Å². The Bertz CT molecular complexity index is 828. The van der Waals surface area contributed by atoms with Crippen molar-refractivity contribution in [2.75, 3.05) is 17.4 Å². The van der Waals surface area contributed by atoms with Gasteiger partial charge in [-0.3, -0.25) is 4.79 Å². The van der Waals surface area contributed by atoms with Crippen molar-refractivity contribution in [3.63, 3.8) is 0 Å². The van der Waals surface area contributed by atoms with Gasteiger partial charge in [-0.05, 0) is 56.3 Å². The highest BCUT2D eigenvalue weighted by molar-refractivity contribution is 7.92. The molecular formula is C16H22FN3O5S. The van der Waals surface area contributed by atoms with Crippen molar-refractivity contribution < 1.29 is 27.8 Å². The molecule has 1 aliphatic heterocycles. The van der Waals surface area contributed by atoms with Crippen LogP contribution in [0.3, 0.4) is 0 Å². The molecule has 1 aromatic carbocycles. The van der Waals surface area contributed by atoms with Gasteiger partial charge in [-0.25, -0.2) is 13.4 Å². The summed E-state index contributed by atoms with van der Waals surface area (Å²) in [5.41, 5.74) is 0.480. The number of nitrogens with zero attached hydrogens (tertiary/aromatic N) is 1. The van der Waals surface area contributed by atoms with E-state index in [0.717, 1.165) is 6.42 Å². The van der Waals surface area contributed by atoms with E-state index in [9.17, 15) is 23.4 Å². The number of fused-ring (bicyclic) bond motifs is 1. The molecule has 1 unspecified atom stereocenters. The molecule has 26 heavy (non-hydrogen) atoms. The fourth-order valence-electron chi connectivity index (χ4n) is 3.39. The number of rotatable bonds is 5. The highest BCUT2D eigenvalue weighted by Gasteiger charge is 2.39. The van der Waals surface area contributed by atoms with Crippen molar-refractivity contribution in [1.29, 1.82) is 0 Å². The first-order valence-corrected chi connectivity index (χ1v) is 9.91. The third-order valence-electron chi connectivity index (χ3n) is 4.69. The molecule has 4 N–H and O–H groups in total. The van der Waals surface area contributed by atoms with Gasteiger partial charge < -0.3 is 15.5 Å². The Morgan fingerprint density at radius 1 is 1.50 bits per heavy atom. The number of anilines is 1. The second kappa shape index (κ2) is 7.01. The Balaban J connectivity index is 1.88. The van der Waals surface area contributed by atoms with E-state index in [1.165, 1.54) is 6.07 Å². The minimum Gasteiger partial charge on any atom is -0.506 e. The SMILES string of the molecule is C[C@@H](O)CCNC1CCc2cc(O)c(N3CC(=O)NS3(=O)=O)c(F)c2C1. The molecule has 1 heterocycles. The number of benzene rings is 1. The number of aromatic hydroxyl groups is 1. The number of carbonyl (C=O) groups is 1. The number of aliphatic hydroxyl groups excluding tert-OH is 1. The summed E-state index contributed by atoms with van der Waals surface area (Å²) < 4.78 is 41.4. The van der Waals surface area contributed by atoms with E-state index in [-0.39, 0.29) is 6.04 Å². The molecule has 3 rings (SSSR count). The van der Waals surface area contributed by atoms with E-state index in [4.69, 9.17) is 0 Å². The van der Waals surface area contributed by atoms with Gasteiger partial charge >= 0.3 is 10.2 Å². The van der Waals surface area contributed by atoms with Crippen LogP contribution in [-0.4, -0.2) is 49.8 Å². The average molecular weight is 387 g/mol. The molecule has 0 saturated carbocycles. The Hall–Kier alpha value is -1.91. The lowest BCUT2D eigenvalue weighted by atomic mass is 9.87. The zero-order valence-electron chi connectivity index (χ0n) is 14.3. The summed E-state index contributed by atoms with van der Waals surface area (Å²) in [6, 6.07) is 1.36.